The Bertz CT molecular complexity index is 1200. The zero-order valence-corrected chi connectivity index (χ0v) is 17.0. The molecule has 28 heavy (non-hydrogen) atoms. The number of fused-ring (bicyclic) bond motifs is 1. The number of thioether (sulfide) groups is 2. The maximum atomic E-state index is 12.7. The molecule has 1 aliphatic rings. The summed E-state index contributed by atoms with van der Waals surface area (Å²) in [6.07, 6.45) is 1.38. The number of benzene rings is 1. The average molecular weight is 415 g/mol. The van der Waals surface area contributed by atoms with E-state index in [4.69, 9.17) is 0 Å². The largest absolute Gasteiger partial charge is 0.332 e. The summed E-state index contributed by atoms with van der Waals surface area (Å²) in [6.45, 7) is 0. The monoisotopic (exact) mass is 414 g/mol. The molecule has 2 aromatic heterocycles. The highest BCUT2D eigenvalue weighted by molar-refractivity contribution is 8.19. The minimum atomic E-state index is -0.475. The van der Waals surface area contributed by atoms with Gasteiger partial charge in [-0.1, -0.05) is 12.1 Å². The van der Waals surface area contributed by atoms with E-state index in [2.05, 4.69) is 16.4 Å². The lowest BCUT2D eigenvalue weighted by Crippen LogP contribution is -2.37. The van der Waals surface area contributed by atoms with Crippen molar-refractivity contribution in [2.75, 3.05) is 16.8 Å². The number of amides is 1. The van der Waals surface area contributed by atoms with Crippen molar-refractivity contribution < 1.29 is 4.79 Å². The SMILES string of the molecule is Cn1c(=O)c2cc(C(=O)Nc3cccc(C4SCCS4)c3)cnc2n(C)c1=O. The number of pyridine rings is 1. The summed E-state index contributed by atoms with van der Waals surface area (Å²) >= 11 is 3.80. The Balaban J connectivity index is 1.65. The number of carbonyl (C=O) groups excluding carboxylic acids is 1. The second-order valence-electron chi connectivity index (χ2n) is 6.45. The van der Waals surface area contributed by atoms with E-state index in [1.807, 2.05) is 41.7 Å². The van der Waals surface area contributed by atoms with E-state index >= 15 is 0 Å². The molecule has 1 saturated heterocycles. The third-order valence-corrected chi connectivity index (χ3v) is 7.70. The fourth-order valence-corrected chi connectivity index (χ4v) is 5.95. The number of aryl methyl sites for hydroxylation is 1. The number of nitrogens with one attached hydrogen (secondary N) is 1. The van der Waals surface area contributed by atoms with Crippen LogP contribution in [0.5, 0.6) is 0 Å². The summed E-state index contributed by atoms with van der Waals surface area (Å²) in [5, 5.41) is 3.10. The Morgan fingerprint density at radius 1 is 1.14 bits per heavy atom. The van der Waals surface area contributed by atoms with Gasteiger partial charge in [0, 0.05) is 37.5 Å². The second kappa shape index (κ2) is 7.48. The van der Waals surface area contributed by atoms with Crippen molar-refractivity contribution in [1.29, 1.82) is 0 Å². The Hall–Kier alpha value is -2.52. The standard InChI is InChI=1S/C19H18N4O3S2/c1-22-15-14(17(25)23(2)19(22)26)9-12(10-20-15)16(24)21-13-5-3-4-11(8-13)18-27-6-7-28-18/h3-5,8-10,18H,6-7H2,1-2H3,(H,21,24). The van der Waals surface area contributed by atoms with Crippen molar-refractivity contribution >= 4 is 46.2 Å². The molecule has 1 amide bonds. The van der Waals surface area contributed by atoms with Crippen molar-refractivity contribution in [3.63, 3.8) is 0 Å². The lowest BCUT2D eigenvalue weighted by molar-refractivity contribution is 0.102. The first-order valence-electron chi connectivity index (χ1n) is 8.66. The van der Waals surface area contributed by atoms with Gasteiger partial charge in [0.15, 0.2) is 0 Å². The van der Waals surface area contributed by atoms with Crippen LogP contribution in [0.15, 0.2) is 46.1 Å². The molecule has 9 heteroatoms. The summed E-state index contributed by atoms with van der Waals surface area (Å²) in [7, 11) is 2.95. The van der Waals surface area contributed by atoms with Gasteiger partial charge in [-0.3, -0.25) is 18.7 Å². The molecule has 0 aliphatic carbocycles. The van der Waals surface area contributed by atoms with Crippen LogP contribution in [-0.2, 0) is 14.1 Å². The fraction of sp³-hybridized carbons (Fsp3) is 0.263. The average Bonchev–Trinajstić information content (AvgIpc) is 3.25. The van der Waals surface area contributed by atoms with Gasteiger partial charge in [0.1, 0.15) is 5.65 Å². The highest BCUT2D eigenvalue weighted by atomic mass is 32.2. The summed E-state index contributed by atoms with van der Waals surface area (Å²) in [5.41, 5.74) is 1.45. The third-order valence-electron chi connectivity index (χ3n) is 4.59. The smallest absolute Gasteiger partial charge is 0.322 e. The zero-order chi connectivity index (χ0) is 19.8. The van der Waals surface area contributed by atoms with Crippen LogP contribution in [-0.4, -0.2) is 31.5 Å². The Kier molecular flexibility index (Phi) is 5.03. The van der Waals surface area contributed by atoms with Crippen LogP contribution in [0.4, 0.5) is 5.69 Å². The van der Waals surface area contributed by atoms with Gasteiger partial charge in [-0.25, -0.2) is 9.78 Å². The van der Waals surface area contributed by atoms with E-state index in [-0.39, 0.29) is 22.5 Å². The minimum absolute atomic E-state index is 0.227. The first kappa shape index (κ1) is 18.8. The maximum Gasteiger partial charge on any atom is 0.332 e. The second-order valence-corrected chi connectivity index (χ2v) is 9.18. The summed E-state index contributed by atoms with van der Waals surface area (Å²) in [6, 6.07) is 9.28. The Morgan fingerprint density at radius 2 is 1.89 bits per heavy atom. The summed E-state index contributed by atoms with van der Waals surface area (Å²) in [5.74, 6) is 1.91. The van der Waals surface area contributed by atoms with Gasteiger partial charge in [0.25, 0.3) is 11.5 Å². The molecule has 1 fully saturated rings. The molecule has 1 N–H and O–H groups in total. The molecule has 0 saturated carbocycles. The number of nitrogens with zero attached hydrogens (tertiary/aromatic N) is 3. The van der Waals surface area contributed by atoms with E-state index in [1.54, 1.807) is 7.05 Å². The first-order valence-corrected chi connectivity index (χ1v) is 10.8. The lowest BCUT2D eigenvalue weighted by atomic mass is 10.2. The number of rotatable bonds is 3. The molecule has 0 spiro atoms. The first-order chi connectivity index (χ1) is 13.5. The molecule has 0 unspecified atom stereocenters. The van der Waals surface area contributed by atoms with E-state index < -0.39 is 11.2 Å². The number of hydrogen-bond acceptors (Lipinski definition) is 6. The van der Waals surface area contributed by atoms with Gasteiger partial charge < -0.3 is 5.32 Å². The van der Waals surface area contributed by atoms with Gasteiger partial charge in [-0.2, -0.15) is 0 Å². The molecular weight excluding hydrogens is 396 g/mol. The molecule has 144 valence electrons. The normalized spacial score (nSPS) is 14.5. The molecule has 7 nitrogen and oxygen atoms in total. The van der Waals surface area contributed by atoms with Crippen molar-refractivity contribution in [3.05, 3.63) is 68.5 Å². The zero-order valence-electron chi connectivity index (χ0n) is 15.3. The van der Waals surface area contributed by atoms with Gasteiger partial charge >= 0.3 is 5.69 Å². The fourth-order valence-electron chi connectivity index (χ4n) is 3.11. The van der Waals surface area contributed by atoms with Crippen molar-refractivity contribution in [2.24, 2.45) is 14.1 Å². The molecule has 1 aromatic carbocycles. The highest BCUT2D eigenvalue weighted by Crippen LogP contribution is 2.45. The van der Waals surface area contributed by atoms with Crippen molar-refractivity contribution in [1.82, 2.24) is 14.1 Å². The van der Waals surface area contributed by atoms with Crippen LogP contribution in [0.1, 0.15) is 20.5 Å². The predicted molar refractivity (Wildman–Crippen MR) is 114 cm³/mol. The topological polar surface area (TPSA) is 86.0 Å². The lowest BCUT2D eigenvalue weighted by Gasteiger charge is -2.12. The summed E-state index contributed by atoms with van der Waals surface area (Å²) in [4.78, 5) is 41.3. The molecule has 1 aliphatic heterocycles. The third kappa shape index (κ3) is 3.35. The molecule has 3 aromatic rings. The van der Waals surface area contributed by atoms with Crippen molar-refractivity contribution in [3.8, 4) is 0 Å². The van der Waals surface area contributed by atoms with Crippen LogP contribution < -0.4 is 16.6 Å². The number of carbonyl (C=O) groups is 1. The quantitative estimate of drug-likeness (QED) is 0.708. The molecule has 0 radical (unpaired) electrons. The van der Waals surface area contributed by atoms with Crippen LogP contribution >= 0.6 is 23.5 Å². The molecule has 0 bridgehead atoms. The minimum Gasteiger partial charge on any atom is -0.322 e. The van der Waals surface area contributed by atoms with Crippen LogP contribution in [0.2, 0.25) is 0 Å². The van der Waals surface area contributed by atoms with Crippen LogP contribution in [0.3, 0.4) is 0 Å². The van der Waals surface area contributed by atoms with Gasteiger partial charge in [-0.15, -0.1) is 23.5 Å². The number of anilines is 1. The highest BCUT2D eigenvalue weighted by Gasteiger charge is 2.19. The van der Waals surface area contributed by atoms with Gasteiger partial charge in [-0.05, 0) is 23.8 Å². The molecular formula is C19H18N4O3S2. The van der Waals surface area contributed by atoms with E-state index in [0.717, 1.165) is 16.1 Å². The Morgan fingerprint density at radius 3 is 2.64 bits per heavy atom. The Labute approximate surface area is 169 Å². The molecule has 0 atom stereocenters. The van der Waals surface area contributed by atoms with E-state index in [0.29, 0.717) is 10.3 Å². The van der Waals surface area contributed by atoms with E-state index in [9.17, 15) is 14.4 Å². The molecule has 3 heterocycles. The molecule has 4 rings (SSSR count). The number of aromatic nitrogens is 3. The summed E-state index contributed by atoms with van der Waals surface area (Å²) < 4.78 is 2.69. The van der Waals surface area contributed by atoms with Gasteiger partial charge in [0.2, 0.25) is 0 Å². The predicted octanol–water partition coefficient (Wildman–Crippen LogP) is 2.36. The van der Waals surface area contributed by atoms with Crippen LogP contribution in [0.25, 0.3) is 11.0 Å². The number of hydrogen-bond donors (Lipinski definition) is 1. The van der Waals surface area contributed by atoms with E-state index in [1.165, 1.54) is 29.4 Å². The van der Waals surface area contributed by atoms with Gasteiger partial charge in [0.05, 0.1) is 15.5 Å². The van der Waals surface area contributed by atoms with Crippen LogP contribution in [0, 0.1) is 0 Å². The van der Waals surface area contributed by atoms with Crippen molar-refractivity contribution in [2.45, 2.75) is 4.58 Å². The maximum absolute atomic E-state index is 12.7.